The lowest BCUT2D eigenvalue weighted by Crippen LogP contribution is -2.40. The third kappa shape index (κ3) is 6.15. The number of benzene rings is 1. The second kappa shape index (κ2) is 10.4. The molecule has 2 N–H and O–H groups in total. The summed E-state index contributed by atoms with van der Waals surface area (Å²) in [5, 5.41) is 14.4. The molecule has 25 heavy (non-hydrogen) atoms. The maximum atomic E-state index is 13.7. The standard InChI is InChI=1S/C17H25FN6O/c1-3-16-23-22-13-24(16)10-8-19-17(20-9-11-25-2)21-12-14-6-4-5-7-15(14)18/h4-7,13H,3,8-12H2,1-2H3,(H2,19,20,21). The van der Waals surface area contributed by atoms with Crippen molar-refractivity contribution in [2.45, 2.75) is 26.4 Å². The molecule has 0 aliphatic carbocycles. The van der Waals surface area contributed by atoms with Crippen molar-refractivity contribution in [1.29, 1.82) is 0 Å². The lowest BCUT2D eigenvalue weighted by atomic mass is 10.2. The van der Waals surface area contributed by atoms with Crippen LogP contribution >= 0.6 is 0 Å². The number of aryl methyl sites for hydroxylation is 1. The molecule has 1 heterocycles. The third-order valence-corrected chi connectivity index (χ3v) is 3.62. The zero-order chi connectivity index (χ0) is 17.9. The molecule has 0 atom stereocenters. The molecule has 8 heteroatoms. The number of ether oxygens (including phenoxy) is 1. The fraction of sp³-hybridized carbons (Fsp3) is 0.471. The van der Waals surface area contributed by atoms with Gasteiger partial charge in [-0.2, -0.15) is 0 Å². The molecule has 0 aliphatic rings. The Hall–Kier alpha value is -2.48. The lowest BCUT2D eigenvalue weighted by molar-refractivity contribution is 0.203. The van der Waals surface area contributed by atoms with Crippen LogP contribution in [0.5, 0.6) is 0 Å². The van der Waals surface area contributed by atoms with Gasteiger partial charge in [-0.1, -0.05) is 25.1 Å². The summed E-state index contributed by atoms with van der Waals surface area (Å²) < 4.78 is 20.8. The number of nitrogens with zero attached hydrogens (tertiary/aromatic N) is 4. The molecule has 7 nitrogen and oxygen atoms in total. The predicted octanol–water partition coefficient (Wildman–Crippen LogP) is 1.36. The average molecular weight is 348 g/mol. The van der Waals surface area contributed by atoms with Gasteiger partial charge < -0.3 is 19.9 Å². The van der Waals surface area contributed by atoms with Gasteiger partial charge in [-0.3, -0.25) is 0 Å². The minimum Gasteiger partial charge on any atom is -0.383 e. The largest absolute Gasteiger partial charge is 0.383 e. The van der Waals surface area contributed by atoms with Crippen molar-refractivity contribution in [2.24, 2.45) is 4.99 Å². The summed E-state index contributed by atoms with van der Waals surface area (Å²) in [5.74, 6) is 1.31. The van der Waals surface area contributed by atoms with Crippen molar-refractivity contribution in [3.63, 3.8) is 0 Å². The van der Waals surface area contributed by atoms with Crippen LogP contribution in [0.1, 0.15) is 18.3 Å². The Bertz CT molecular complexity index is 673. The topological polar surface area (TPSA) is 76.4 Å². The Morgan fingerprint density at radius 3 is 2.84 bits per heavy atom. The SMILES string of the molecule is CCc1nncn1CCNC(=NCc1ccccc1F)NCCOC. The van der Waals surface area contributed by atoms with Crippen LogP contribution in [0.15, 0.2) is 35.6 Å². The van der Waals surface area contributed by atoms with E-state index in [1.165, 1.54) is 6.07 Å². The van der Waals surface area contributed by atoms with E-state index in [0.717, 1.165) is 18.8 Å². The summed E-state index contributed by atoms with van der Waals surface area (Å²) in [7, 11) is 1.64. The number of hydrogen-bond acceptors (Lipinski definition) is 4. The second-order valence-corrected chi connectivity index (χ2v) is 5.40. The lowest BCUT2D eigenvalue weighted by Gasteiger charge is -2.13. The van der Waals surface area contributed by atoms with Gasteiger partial charge in [-0.25, -0.2) is 9.38 Å². The van der Waals surface area contributed by atoms with E-state index in [4.69, 9.17) is 4.74 Å². The van der Waals surface area contributed by atoms with Crippen molar-refractivity contribution >= 4 is 5.96 Å². The number of hydrogen-bond donors (Lipinski definition) is 2. The van der Waals surface area contributed by atoms with E-state index in [2.05, 4.69) is 25.8 Å². The zero-order valence-corrected chi connectivity index (χ0v) is 14.7. The van der Waals surface area contributed by atoms with Crippen LogP contribution < -0.4 is 10.6 Å². The fourth-order valence-electron chi connectivity index (χ4n) is 2.27. The Kier molecular flexibility index (Phi) is 7.84. The molecule has 0 aliphatic heterocycles. The van der Waals surface area contributed by atoms with Gasteiger partial charge in [0.1, 0.15) is 18.0 Å². The first-order valence-electron chi connectivity index (χ1n) is 8.35. The molecule has 136 valence electrons. The van der Waals surface area contributed by atoms with Crippen LogP contribution in [-0.4, -0.2) is 47.5 Å². The summed E-state index contributed by atoms with van der Waals surface area (Å²) in [5.41, 5.74) is 0.558. The monoisotopic (exact) mass is 348 g/mol. The average Bonchev–Trinajstić information content (AvgIpc) is 3.08. The number of nitrogens with one attached hydrogen (secondary N) is 2. The van der Waals surface area contributed by atoms with Gasteiger partial charge >= 0.3 is 0 Å². The summed E-state index contributed by atoms with van der Waals surface area (Å²) in [4.78, 5) is 4.45. The molecule has 0 spiro atoms. The maximum absolute atomic E-state index is 13.7. The van der Waals surface area contributed by atoms with Crippen molar-refractivity contribution in [3.8, 4) is 0 Å². The van der Waals surface area contributed by atoms with Gasteiger partial charge in [-0.15, -0.1) is 10.2 Å². The third-order valence-electron chi connectivity index (χ3n) is 3.62. The number of halogens is 1. The van der Waals surface area contributed by atoms with Crippen LogP contribution in [0.25, 0.3) is 0 Å². The van der Waals surface area contributed by atoms with Gasteiger partial charge in [0.05, 0.1) is 13.2 Å². The van der Waals surface area contributed by atoms with E-state index in [1.54, 1.807) is 31.6 Å². The summed E-state index contributed by atoms with van der Waals surface area (Å²) in [6, 6.07) is 6.64. The van der Waals surface area contributed by atoms with E-state index in [-0.39, 0.29) is 12.4 Å². The highest BCUT2D eigenvalue weighted by Gasteiger charge is 2.04. The predicted molar refractivity (Wildman–Crippen MR) is 94.8 cm³/mol. The van der Waals surface area contributed by atoms with Gasteiger partial charge in [0, 0.05) is 38.7 Å². The van der Waals surface area contributed by atoms with Crippen LogP contribution in [0.4, 0.5) is 4.39 Å². The van der Waals surface area contributed by atoms with E-state index in [0.29, 0.717) is 31.2 Å². The highest BCUT2D eigenvalue weighted by Crippen LogP contribution is 2.07. The Labute approximate surface area is 147 Å². The highest BCUT2D eigenvalue weighted by molar-refractivity contribution is 5.79. The second-order valence-electron chi connectivity index (χ2n) is 5.40. The van der Waals surface area contributed by atoms with E-state index in [9.17, 15) is 4.39 Å². The molecule has 0 saturated heterocycles. The molecule has 1 aromatic heterocycles. The smallest absolute Gasteiger partial charge is 0.191 e. The van der Waals surface area contributed by atoms with Crippen LogP contribution in [0, 0.1) is 5.82 Å². The summed E-state index contributed by atoms with van der Waals surface area (Å²) >= 11 is 0. The summed E-state index contributed by atoms with van der Waals surface area (Å²) in [6.07, 6.45) is 2.55. The minimum absolute atomic E-state index is 0.250. The van der Waals surface area contributed by atoms with Gasteiger partial charge in [0.2, 0.25) is 0 Å². The number of aromatic nitrogens is 3. The molecular weight excluding hydrogens is 323 g/mol. The fourth-order valence-corrected chi connectivity index (χ4v) is 2.27. The molecule has 0 unspecified atom stereocenters. The number of guanidine groups is 1. The van der Waals surface area contributed by atoms with Gasteiger partial charge in [0.25, 0.3) is 0 Å². The van der Waals surface area contributed by atoms with Crippen molar-refractivity contribution in [1.82, 2.24) is 25.4 Å². The Morgan fingerprint density at radius 2 is 2.08 bits per heavy atom. The molecule has 0 bridgehead atoms. The van der Waals surface area contributed by atoms with Crippen molar-refractivity contribution < 1.29 is 9.13 Å². The van der Waals surface area contributed by atoms with E-state index < -0.39 is 0 Å². The Balaban J connectivity index is 1.92. The minimum atomic E-state index is -0.250. The molecule has 0 fully saturated rings. The first-order valence-corrected chi connectivity index (χ1v) is 8.35. The van der Waals surface area contributed by atoms with Crippen LogP contribution in [-0.2, 0) is 24.2 Å². The zero-order valence-electron chi connectivity index (χ0n) is 14.7. The van der Waals surface area contributed by atoms with Gasteiger partial charge in [-0.05, 0) is 6.07 Å². The van der Waals surface area contributed by atoms with E-state index >= 15 is 0 Å². The van der Waals surface area contributed by atoms with Crippen molar-refractivity contribution in [3.05, 3.63) is 47.8 Å². The highest BCUT2D eigenvalue weighted by atomic mass is 19.1. The molecule has 0 amide bonds. The molecule has 2 aromatic rings. The quantitative estimate of drug-likeness (QED) is 0.407. The number of rotatable bonds is 9. The molecule has 2 rings (SSSR count). The molecular formula is C17H25FN6O. The number of aliphatic imine (C=N–C) groups is 1. The Morgan fingerprint density at radius 1 is 1.28 bits per heavy atom. The molecule has 1 aromatic carbocycles. The molecule has 0 saturated carbocycles. The van der Waals surface area contributed by atoms with Gasteiger partial charge in [0.15, 0.2) is 5.96 Å². The maximum Gasteiger partial charge on any atom is 0.191 e. The first-order chi connectivity index (χ1) is 12.2. The molecule has 0 radical (unpaired) electrons. The summed E-state index contributed by atoms with van der Waals surface area (Å²) in [6.45, 7) is 4.86. The van der Waals surface area contributed by atoms with Crippen LogP contribution in [0.3, 0.4) is 0 Å². The van der Waals surface area contributed by atoms with Crippen LogP contribution in [0.2, 0.25) is 0 Å². The normalized spacial score (nSPS) is 11.6. The first kappa shape index (κ1) is 18.9. The van der Waals surface area contributed by atoms with Crippen molar-refractivity contribution in [2.75, 3.05) is 26.8 Å². The van der Waals surface area contributed by atoms with E-state index in [1.807, 2.05) is 11.5 Å². The number of methoxy groups -OCH3 is 1.